The molecule has 104 valence electrons. The van der Waals surface area contributed by atoms with Crippen LogP contribution in [0, 0.1) is 0 Å². The molecule has 2 heterocycles. The summed E-state index contributed by atoms with van der Waals surface area (Å²) in [6, 6.07) is 2.04. The fourth-order valence-electron chi connectivity index (χ4n) is 1.41. The molecule has 0 aromatic carbocycles. The molecule has 0 unspecified atom stereocenters. The lowest BCUT2D eigenvalue weighted by molar-refractivity contribution is 0.279. The number of nitrogens with zero attached hydrogens (tertiary/aromatic N) is 2. The molecule has 0 amide bonds. The van der Waals surface area contributed by atoms with Crippen LogP contribution >= 0.6 is 22.9 Å². The van der Waals surface area contributed by atoms with Crippen molar-refractivity contribution in [3.05, 3.63) is 22.4 Å². The van der Waals surface area contributed by atoms with Gasteiger partial charge >= 0.3 is 0 Å². The molecule has 0 fully saturated rings. The summed E-state index contributed by atoms with van der Waals surface area (Å²) < 4.78 is 7.15. The zero-order chi connectivity index (χ0) is 14.3. The fraction of sp³-hybridized carbons (Fsp3) is 0.538. The quantitative estimate of drug-likeness (QED) is 0.599. The molecule has 0 aliphatic carbocycles. The van der Waals surface area contributed by atoms with Crippen molar-refractivity contribution in [2.24, 2.45) is 0 Å². The summed E-state index contributed by atoms with van der Waals surface area (Å²) in [6.07, 6.45) is 1.50. The minimum Gasteiger partial charge on any atom is -0.412 e. The van der Waals surface area contributed by atoms with Gasteiger partial charge in [0.1, 0.15) is 11.5 Å². The summed E-state index contributed by atoms with van der Waals surface area (Å²) in [5.74, 6) is 0. The minimum atomic E-state index is -1.71. The Morgan fingerprint density at radius 3 is 2.58 bits per heavy atom. The minimum absolute atomic E-state index is 0.223. The summed E-state index contributed by atoms with van der Waals surface area (Å²) >= 11 is 7.68. The van der Waals surface area contributed by atoms with Crippen LogP contribution in [-0.4, -0.2) is 18.3 Å². The van der Waals surface area contributed by atoms with E-state index in [9.17, 15) is 0 Å². The predicted octanol–water partition coefficient (Wildman–Crippen LogP) is 4.87. The number of hydrogen-bond donors (Lipinski definition) is 0. The fourth-order valence-corrected chi connectivity index (χ4v) is 3.63. The van der Waals surface area contributed by atoms with Crippen molar-refractivity contribution in [2.45, 2.75) is 45.5 Å². The van der Waals surface area contributed by atoms with E-state index >= 15 is 0 Å². The van der Waals surface area contributed by atoms with E-state index in [4.69, 9.17) is 16.0 Å². The van der Waals surface area contributed by atoms with Crippen LogP contribution in [0.3, 0.4) is 0 Å². The third kappa shape index (κ3) is 3.16. The van der Waals surface area contributed by atoms with Gasteiger partial charge in [0.05, 0.1) is 16.8 Å². The number of thiophene rings is 1. The van der Waals surface area contributed by atoms with Crippen LogP contribution in [0.5, 0.6) is 0 Å². The molecule has 2 aromatic rings. The standard InChI is InChI=1S/C13H19ClN2OSSi/c1-13(2,3)19(4,5)17-7-9-6-10-11(18-9)12(14)16-8-15-10/h6,8H,7H2,1-5H3. The first-order valence-electron chi connectivity index (χ1n) is 6.23. The summed E-state index contributed by atoms with van der Waals surface area (Å²) in [5, 5.41) is 0.745. The molecule has 3 nitrogen and oxygen atoms in total. The second-order valence-corrected chi connectivity index (χ2v) is 12.4. The maximum absolute atomic E-state index is 6.21. The zero-order valence-electron chi connectivity index (χ0n) is 12.0. The van der Waals surface area contributed by atoms with Crippen molar-refractivity contribution < 1.29 is 4.43 Å². The van der Waals surface area contributed by atoms with Gasteiger partial charge in [0, 0.05) is 4.88 Å². The molecule has 0 atom stereocenters. The zero-order valence-corrected chi connectivity index (χ0v) is 14.5. The molecule has 2 rings (SSSR count). The van der Waals surface area contributed by atoms with Gasteiger partial charge in [0.25, 0.3) is 0 Å². The van der Waals surface area contributed by atoms with E-state index in [1.54, 1.807) is 11.3 Å². The lowest BCUT2D eigenvalue weighted by Gasteiger charge is -2.35. The second kappa shape index (κ2) is 5.13. The summed E-state index contributed by atoms with van der Waals surface area (Å²) in [4.78, 5) is 9.38. The van der Waals surface area contributed by atoms with Gasteiger partial charge in [-0.05, 0) is 24.2 Å². The third-order valence-electron chi connectivity index (χ3n) is 3.70. The van der Waals surface area contributed by atoms with Gasteiger partial charge < -0.3 is 4.43 Å². The first-order valence-corrected chi connectivity index (χ1v) is 10.3. The smallest absolute Gasteiger partial charge is 0.192 e. The van der Waals surface area contributed by atoms with Gasteiger partial charge in [-0.3, -0.25) is 0 Å². The van der Waals surface area contributed by atoms with E-state index in [-0.39, 0.29) is 5.04 Å². The predicted molar refractivity (Wildman–Crippen MR) is 84.4 cm³/mol. The summed E-state index contributed by atoms with van der Waals surface area (Å²) in [7, 11) is -1.71. The number of halogens is 1. The van der Waals surface area contributed by atoms with E-state index in [0.29, 0.717) is 11.8 Å². The van der Waals surface area contributed by atoms with Crippen molar-refractivity contribution >= 4 is 41.5 Å². The highest BCUT2D eigenvalue weighted by Gasteiger charge is 2.37. The SMILES string of the molecule is CC(C)(C)[Si](C)(C)OCc1cc2ncnc(Cl)c2s1. The lowest BCUT2D eigenvalue weighted by Crippen LogP contribution is -2.40. The van der Waals surface area contributed by atoms with Crippen LogP contribution < -0.4 is 0 Å². The average Bonchev–Trinajstić information content (AvgIpc) is 2.69. The Hall–Kier alpha value is -0.493. The van der Waals surface area contributed by atoms with Gasteiger partial charge in [-0.15, -0.1) is 11.3 Å². The Kier molecular flexibility index (Phi) is 4.02. The average molecular weight is 315 g/mol. The molecule has 0 spiro atoms. The summed E-state index contributed by atoms with van der Waals surface area (Å²) in [6.45, 7) is 11.9. The van der Waals surface area contributed by atoms with Crippen LogP contribution in [0.15, 0.2) is 12.4 Å². The first-order chi connectivity index (χ1) is 8.71. The Balaban J connectivity index is 2.17. The molecule has 0 saturated heterocycles. The molecule has 0 radical (unpaired) electrons. The number of fused-ring (bicyclic) bond motifs is 1. The van der Waals surface area contributed by atoms with Gasteiger partial charge in [-0.25, -0.2) is 9.97 Å². The maximum atomic E-state index is 6.21. The van der Waals surface area contributed by atoms with Crippen molar-refractivity contribution in [1.82, 2.24) is 9.97 Å². The molecule has 0 aliphatic heterocycles. The molecule has 0 N–H and O–H groups in total. The molecule has 19 heavy (non-hydrogen) atoms. The first kappa shape index (κ1) is 14.9. The van der Waals surface area contributed by atoms with Crippen LogP contribution in [0.1, 0.15) is 25.6 Å². The van der Waals surface area contributed by atoms with Gasteiger partial charge in [-0.1, -0.05) is 32.4 Å². The van der Waals surface area contributed by atoms with Crippen molar-refractivity contribution in [3.63, 3.8) is 0 Å². The molecule has 2 aromatic heterocycles. The maximum Gasteiger partial charge on any atom is 0.192 e. The van der Waals surface area contributed by atoms with E-state index in [0.717, 1.165) is 15.1 Å². The lowest BCUT2D eigenvalue weighted by atomic mass is 10.2. The van der Waals surface area contributed by atoms with Crippen LogP contribution in [0.4, 0.5) is 0 Å². The largest absolute Gasteiger partial charge is 0.412 e. The monoisotopic (exact) mass is 314 g/mol. The van der Waals surface area contributed by atoms with E-state index in [2.05, 4.69) is 43.8 Å². The number of aromatic nitrogens is 2. The Labute approximate surface area is 124 Å². The highest BCUT2D eigenvalue weighted by atomic mass is 35.5. The topological polar surface area (TPSA) is 35.0 Å². The van der Waals surface area contributed by atoms with Gasteiger partial charge in [0.15, 0.2) is 8.32 Å². The van der Waals surface area contributed by atoms with Gasteiger partial charge in [-0.2, -0.15) is 0 Å². The molecular weight excluding hydrogens is 296 g/mol. The van der Waals surface area contributed by atoms with E-state index in [1.807, 2.05) is 6.07 Å². The molecule has 0 aliphatic rings. The van der Waals surface area contributed by atoms with Crippen molar-refractivity contribution in [1.29, 1.82) is 0 Å². The highest BCUT2D eigenvalue weighted by Crippen LogP contribution is 2.38. The van der Waals surface area contributed by atoms with Crippen molar-refractivity contribution in [2.75, 3.05) is 0 Å². The summed E-state index contributed by atoms with van der Waals surface area (Å²) in [5.41, 5.74) is 0.902. The molecule has 0 saturated carbocycles. The third-order valence-corrected chi connectivity index (χ3v) is 9.68. The Bertz CT molecular complexity index is 592. The Morgan fingerprint density at radius 1 is 1.32 bits per heavy atom. The van der Waals surface area contributed by atoms with E-state index in [1.165, 1.54) is 6.33 Å². The van der Waals surface area contributed by atoms with E-state index < -0.39 is 8.32 Å². The second-order valence-electron chi connectivity index (χ2n) is 6.14. The Morgan fingerprint density at radius 2 is 2.00 bits per heavy atom. The number of hydrogen-bond acceptors (Lipinski definition) is 4. The molecule has 6 heteroatoms. The van der Waals surface area contributed by atoms with Gasteiger partial charge in [0.2, 0.25) is 0 Å². The molecule has 0 bridgehead atoms. The van der Waals surface area contributed by atoms with Crippen molar-refractivity contribution in [3.8, 4) is 0 Å². The van der Waals surface area contributed by atoms with Crippen LogP contribution in [0.25, 0.3) is 10.2 Å². The van der Waals surface area contributed by atoms with Crippen LogP contribution in [0.2, 0.25) is 23.3 Å². The normalized spacial score (nSPS) is 13.2. The van der Waals surface area contributed by atoms with Crippen LogP contribution in [-0.2, 0) is 11.0 Å². The highest BCUT2D eigenvalue weighted by molar-refractivity contribution is 7.19. The molecular formula is C13H19ClN2OSSi. The number of rotatable bonds is 3.